The smallest absolute Gasteiger partial charge is 0.289 e. The first-order valence-corrected chi connectivity index (χ1v) is 9.15. The Hall–Kier alpha value is -2.15. The van der Waals surface area contributed by atoms with Gasteiger partial charge in [-0.1, -0.05) is 26.2 Å². The number of nitrogens with one attached hydrogen (secondary N) is 1. The van der Waals surface area contributed by atoms with Crippen LogP contribution in [0.3, 0.4) is 0 Å². The number of unbranched alkanes of at least 4 members (excludes halogenated alkanes) is 3. The predicted octanol–water partition coefficient (Wildman–Crippen LogP) is 3.20. The summed E-state index contributed by atoms with van der Waals surface area (Å²) < 4.78 is 2.15. The van der Waals surface area contributed by atoms with Crippen LogP contribution in [0.25, 0.3) is 20.4 Å². The Morgan fingerprint density at radius 2 is 2.08 bits per heavy atom. The van der Waals surface area contributed by atoms with Gasteiger partial charge < -0.3 is 10.3 Å². The van der Waals surface area contributed by atoms with E-state index in [0.717, 1.165) is 34.4 Å². The van der Waals surface area contributed by atoms with E-state index in [4.69, 9.17) is 0 Å². The number of fused-ring (bicyclic) bond motifs is 3. The molecule has 0 aliphatic carbocycles. The molecule has 0 bridgehead atoms. The van der Waals surface area contributed by atoms with Gasteiger partial charge in [0.2, 0.25) is 0 Å². The lowest BCUT2D eigenvalue weighted by Gasteiger charge is -2.13. The van der Waals surface area contributed by atoms with Crippen molar-refractivity contribution in [2.24, 2.45) is 0 Å². The fraction of sp³-hybridized carbons (Fsp3) is 0.471. The van der Waals surface area contributed by atoms with Crippen molar-refractivity contribution in [3.8, 4) is 0 Å². The maximum Gasteiger partial charge on any atom is 0.289 e. The number of pyridine rings is 1. The van der Waals surface area contributed by atoms with Gasteiger partial charge in [-0.2, -0.15) is 0 Å². The third-order valence-corrected chi connectivity index (χ3v) is 5.13. The number of thiophene rings is 1. The number of rotatable bonds is 7. The third kappa shape index (κ3) is 3.08. The van der Waals surface area contributed by atoms with Gasteiger partial charge in [-0.25, -0.2) is 14.6 Å². The monoisotopic (exact) mass is 345 g/mol. The van der Waals surface area contributed by atoms with Crippen LogP contribution < -0.4 is 15.9 Å². The number of aromatic nitrogens is 3. The van der Waals surface area contributed by atoms with Crippen molar-refractivity contribution in [1.29, 1.82) is 0 Å². The highest BCUT2D eigenvalue weighted by Crippen LogP contribution is 2.34. The van der Waals surface area contributed by atoms with Crippen LogP contribution >= 0.6 is 11.3 Å². The first-order chi connectivity index (χ1) is 11.6. The minimum atomic E-state index is -0.0526. The van der Waals surface area contributed by atoms with Gasteiger partial charge in [0.05, 0.1) is 11.1 Å². The van der Waals surface area contributed by atoms with Crippen LogP contribution in [0.4, 0.5) is 5.69 Å². The Labute approximate surface area is 145 Å². The first-order valence-electron chi connectivity index (χ1n) is 8.33. The lowest BCUT2D eigenvalue weighted by atomic mass is 10.2. The quantitative estimate of drug-likeness (QED) is 0.666. The lowest BCUT2D eigenvalue weighted by molar-refractivity contribution is 0.655. The van der Waals surface area contributed by atoms with E-state index in [0.29, 0.717) is 4.70 Å². The fourth-order valence-corrected chi connectivity index (χ4v) is 3.82. The van der Waals surface area contributed by atoms with E-state index < -0.39 is 0 Å². The highest BCUT2D eigenvalue weighted by Gasteiger charge is 2.16. The summed E-state index contributed by atoms with van der Waals surface area (Å²) in [4.78, 5) is 24.5. The molecule has 24 heavy (non-hydrogen) atoms. The zero-order chi connectivity index (χ0) is 17.1. The number of hydrogen-bond donors (Lipinski definition) is 1. The molecule has 6 nitrogen and oxygen atoms in total. The normalized spacial score (nSPS) is 11.3. The molecule has 128 valence electrons. The van der Waals surface area contributed by atoms with E-state index in [1.54, 1.807) is 12.5 Å². The average Bonchev–Trinajstić information content (AvgIpc) is 2.96. The molecule has 0 aliphatic heterocycles. The molecule has 0 aromatic carbocycles. The summed E-state index contributed by atoms with van der Waals surface area (Å²) in [5.74, 6) is 0. The molecule has 0 atom stereocenters. The summed E-state index contributed by atoms with van der Waals surface area (Å²) in [6, 6.07) is 1.95. The number of hydrogen-bond acceptors (Lipinski definition) is 6. The molecular weight excluding hydrogens is 322 g/mol. The highest BCUT2D eigenvalue weighted by molar-refractivity contribution is 7.25. The van der Waals surface area contributed by atoms with E-state index >= 15 is 0 Å². The second-order valence-corrected chi connectivity index (χ2v) is 7.07. The topological polar surface area (TPSA) is 63.1 Å². The van der Waals surface area contributed by atoms with Crippen molar-refractivity contribution >= 4 is 37.5 Å². The summed E-state index contributed by atoms with van der Waals surface area (Å²) >= 11 is 1.41. The van der Waals surface area contributed by atoms with Crippen molar-refractivity contribution in [3.05, 3.63) is 28.9 Å². The van der Waals surface area contributed by atoms with E-state index in [9.17, 15) is 4.79 Å². The van der Waals surface area contributed by atoms with Gasteiger partial charge in [-0.15, -0.1) is 11.3 Å². The van der Waals surface area contributed by atoms with E-state index in [1.807, 2.05) is 25.1 Å². The zero-order valence-electron chi connectivity index (χ0n) is 14.4. The predicted molar refractivity (Wildman–Crippen MR) is 102 cm³/mol. The average molecular weight is 345 g/mol. The number of anilines is 1. The second kappa shape index (κ2) is 7.17. The van der Waals surface area contributed by atoms with Crippen LogP contribution in [0.5, 0.6) is 0 Å². The molecule has 0 radical (unpaired) electrons. The van der Waals surface area contributed by atoms with Gasteiger partial charge in [0, 0.05) is 26.8 Å². The molecule has 0 spiro atoms. The van der Waals surface area contributed by atoms with Gasteiger partial charge in [0.15, 0.2) is 0 Å². The molecule has 0 unspecified atom stereocenters. The number of nitrogens with zero attached hydrogens (tertiary/aromatic N) is 4. The molecule has 7 heteroatoms. The van der Waals surface area contributed by atoms with Gasteiger partial charge in [0.1, 0.15) is 21.4 Å². The van der Waals surface area contributed by atoms with E-state index in [1.165, 1.54) is 35.3 Å². The molecular formula is C17H23N5OS. The van der Waals surface area contributed by atoms with Crippen LogP contribution in [0.2, 0.25) is 0 Å². The lowest BCUT2D eigenvalue weighted by Crippen LogP contribution is -2.29. The SMILES string of the molecule is CCCCCCNn1cnc2c(sc3nccc(N(C)C)c32)c1=O. The third-order valence-electron chi connectivity index (χ3n) is 4.05. The largest absolute Gasteiger partial charge is 0.377 e. The minimum absolute atomic E-state index is 0.0526. The molecule has 0 aliphatic rings. The molecule has 0 saturated heterocycles. The van der Waals surface area contributed by atoms with Crippen molar-refractivity contribution in [3.63, 3.8) is 0 Å². The van der Waals surface area contributed by atoms with Crippen molar-refractivity contribution in [2.45, 2.75) is 32.6 Å². The molecule has 3 aromatic rings. The van der Waals surface area contributed by atoms with E-state index in [2.05, 4.69) is 22.3 Å². The van der Waals surface area contributed by atoms with Crippen LogP contribution in [0.15, 0.2) is 23.4 Å². The van der Waals surface area contributed by atoms with Crippen molar-refractivity contribution in [1.82, 2.24) is 14.6 Å². The van der Waals surface area contributed by atoms with Crippen LogP contribution in [-0.2, 0) is 0 Å². The maximum atomic E-state index is 12.7. The summed E-state index contributed by atoms with van der Waals surface area (Å²) in [7, 11) is 3.97. The van der Waals surface area contributed by atoms with Gasteiger partial charge >= 0.3 is 0 Å². The van der Waals surface area contributed by atoms with Crippen molar-refractivity contribution < 1.29 is 0 Å². The Bertz CT molecular complexity index is 899. The molecule has 0 saturated carbocycles. The van der Waals surface area contributed by atoms with Crippen LogP contribution in [0.1, 0.15) is 32.6 Å². The van der Waals surface area contributed by atoms with E-state index in [-0.39, 0.29) is 5.56 Å². The summed E-state index contributed by atoms with van der Waals surface area (Å²) in [6.45, 7) is 2.96. The van der Waals surface area contributed by atoms with Crippen molar-refractivity contribution in [2.75, 3.05) is 31.0 Å². The van der Waals surface area contributed by atoms with Gasteiger partial charge in [-0.05, 0) is 12.5 Å². The summed E-state index contributed by atoms with van der Waals surface area (Å²) in [5.41, 5.74) is 4.88. The molecule has 0 amide bonds. The summed E-state index contributed by atoms with van der Waals surface area (Å²) in [5, 5.41) is 0.953. The highest BCUT2D eigenvalue weighted by atomic mass is 32.1. The molecule has 1 N–H and O–H groups in total. The van der Waals surface area contributed by atoms with Gasteiger partial charge in [0.25, 0.3) is 5.56 Å². The fourth-order valence-electron chi connectivity index (χ4n) is 2.77. The Morgan fingerprint density at radius 3 is 2.83 bits per heavy atom. The summed E-state index contributed by atoms with van der Waals surface area (Å²) in [6.07, 6.45) is 8.02. The minimum Gasteiger partial charge on any atom is -0.377 e. The first kappa shape index (κ1) is 16.7. The maximum absolute atomic E-state index is 12.7. The Morgan fingerprint density at radius 1 is 1.25 bits per heavy atom. The molecule has 3 heterocycles. The standard InChI is InChI=1S/C17H23N5OS/c1-4-5-6-7-9-20-22-11-19-14-13-12(21(2)3)8-10-18-16(13)24-15(14)17(22)23/h8,10-11,20H,4-7,9H2,1-3H3. The van der Waals surface area contributed by atoms with Crippen LogP contribution in [-0.4, -0.2) is 35.3 Å². The second-order valence-electron chi connectivity index (χ2n) is 6.07. The zero-order valence-corrected chi connectivity index (χ0v) is 15.2. The molecule has 3 rings (SSSR count). The van der Waals surface area contributed by atoms with Gasteiger partial charge in [-0.3, -0.25) is 4.79 Å². The van der Waals surface area contributed by atoms with Crippen LogP contribution in [0, 0.1) is 0 Å². The Balaban J connectivity index is 1.96. The Kier molecular flexibility index (Phi) is 4.99. The molecule has 0 fully saturated rings. The molecule has 3 aromatic heterocycles.